The van der Waals surface area contributed by atoms with Crippen LogP contribution < -0.4 is 0 Å². The molecule has 0 heterocycles. The fourth-order valence-corrected chi connectivity index (χ4v) is 1.93. The third-order valence-corrected chi connectivity index (χ3v) is 3.16. The third-order valence-electron chi connectivity index (χ3n) is 3.16. The van der Waals surface area contributed by atoms with Gasteiger partial charge in [0.25, 0.3) is 0 Å². The van der Waals surface area contributed by atoms with Crippen molar-refractivity contribution in [3.05, 3.63) is 0 Å². The zero-order valence-corrected chi connectivity index (χ0v) is 13.4. The predicted molar refractivity (Wildman–Crippen MR) is 87.3 cm³/mol. The molecule has 112 valence electrons. The van der Waals surface area contributed by atoms with Crippen molar-refractivity contribution >= 4 is 5.78 Å². The summed E-state index contributed by atoms with van der Waals surface area (Å²) in [7, 11) is 0. The van der Waals surface area contributed by atoms with E-state index in [1.807, 2.05) is 0 Å². The van der Waals surface area contributed by atoms with Crippen molar-refractivity contribution in [1.82, 2.24) is 0 Å². The predicted octanol–water partition coefficient (Wildman–Crippen LogP) is 5.28. The summed E-state index contributed by atoms with van der Waals surface area (Å²) in [5, 5.41) is 0. The van der Waals surface area contributed by atoms with Crippen LogP contribution in [0.5, 0.6) is 0 Å². The van der Waals surface area contributed by atoms with E-state index in [2.05, 4.69) is 30.6 Å². The SMILES string of the molecule is CCCCCC#CCC#CCCCCCCCC(C)=O. The molecule has 0 amide bonds. The van der Waals surface area contributed by atoms with Crippen LogP contribution in [-0.2, 0) is 4.79 Å². The van der Waals surface area contributed by atoms with E-state index in [9.17, 15) is 4.79 Å². The Morgan fingerprint density at radius 3 is 1.90 bits per heavy atom. The lowest BCUT2D eigenvalue weighted by Crippen LogP contribution is -1.89. The average molecular weight is 274 g/mol. The van der Waals surface area contributed by atoms with E-state index in [0.717, 1.165) is 32.1 Å². The van der Waals surface area contributed by atoms with Gasteiger partial charge in [0, 0.05) is 19.3 Å². The summed E-state index contributed by atoms with van der Waals surface area (Å²) in [6.45, 7) is 3.88. The molecule has 0 aromatic heterocycles. The lowest BCUT2D eigenvalue weighted by atomic mass is 10.1. The molecular weight excluding hydrogens is 244 g/mol. The molecule has 0 saturated carbocycles. The summed E-state index contributed by atoms with van der Waals surface area (Å²) in [4.78, 5) is 10.7. The fraction of sp³-hybridized carbons (Fsp3) is 0.737. The van der Waals surface area contributed by atoms with Gasteiger partial charge < -0.3 is 4.79 Å². The minimum absolute atomic E-state index is 0.312. The second-order valence-electron chi connectivity index (χ2n) is 5.31. The van der Waals surface area contributed by atoms with Crippen molar-refractivity contribution in [2.45, 2.75) is 90.9 Å². The molecule has 20 heavy (non-hydrogen) atoms. The van der Waals surface area contributed by atoms with Crippen molar-refractivity contribution in [3.63, 3.8) is 0 Å². The number of hydrogen-bond donors (Lipinski definition) is 0. The van der Waals surface area contributed by atoms with E-state index in [0.29, 0.717) is 5.78 Å². The summed E-state index contributed by atoms with van der Waals surface area (Å²) < 4.78 is 0. The van der Waals surface area contributed by atoms with Crippen molar-refractivity contribution in [3.8, 4) is 23.7 Å². The van der Waals surface area contributed by atoms with E-state index >= 15 is 0 Å². The highest BCUT2D eigenvalue weighted by atomic mass is 16.1. The zero-order valence-electron chi connectivity index (χ0n) is 13.4. The maximum atomic E-state index is 10.7. The zero-order chi connectivity index (χ0) is 14.9. The average Bonchev–Trinajstić information content (AvgIpc) is 2.43. The molecule has 0 aliphatic rings. The Balaban J connectivity index is 3.26. The standard InChI is InChI=1S/C19H30O/c1-3-4-5-6-7-8-9-10-11-12-13-14-15-16-17-18-19(2)20/h3-6,9,12-18H2,1-2H3. The third kappa shape index (κ3) is 16.8. The quantitative estimate of drug-likeness (QED) is 0.391. The summed E-state index contributed by atoms with van der Waals surface area (Å²) in [5.74, 6) is 12.9. The molecule has 0 saturated heterocycles. The van der Waals surface area contributed by atoms with Gasteiger partial charge in [-0.2, -0.15) is 0 Å². The molecule has 0 radical (unpaired) electrons. The van der Waals surface area contributed by atoms with Crippen LogP contribution in [0.2, 0.25) is 0 Å². The first kappa shape index (κ1) is 18.8. The number of ketones is 1. The van der Waals surface area contributed by atoms with Gasteiger partial charge in [0.05, 0.1) is 6.42 Å². The molecule has 0 aromatic carbocycles. The molecule has 1 heteroatoms. The van der Waals surface area contributed by atoms with Crippen LogP contribution in [0.4, 0.5) is 0 Å². The van der Waals surface area contributed by atoms with Gasteiger partial charge >= 0.3 is 0 Å². The Labute approximate surface area is 125 Å². The molecule has 0 spiro atoms. The second-order valence-corrected chi connectivity index (χ2v) is 5.31. The van der Waals surface area contributed by atoms with Crippen LogP contribution in [0.15, 0.2) is 0 Å². The van der Waals surface area contributed by atoms with Crippen LogP contribution >= 0.6 is 0 Å². The highest BCUT2D eigenvalue weighted by molar-refractivity contribution is 5.75. The minimum atomic E-state index is 0.312. The molecule has 0 atom stereocenters. The normalized spacial score (nSPS) is 9.30. The first-order valence-electron chi connectivity index (χ1n) is 8.18. The summed E-state index contributed by atoms with van der Waals surface area (Å²) in [5.41, 5.74) is 0. The second kappa shape index (κ2) is 15.8. The number of unbranched alkanes of at least 4 members (excludes halogenated alkanes) is 8. The Hall–Kier alpha value is -1.21. The van der Waals surface area contributed by atoms with Gasteiger partial charge in [0.2, 0.25) is 0 Å². The number of rotatable bonds is 10. The molecule has 0 N–H and O–H groups in total. The monoisotopic (exact) mass is 274 g/mol. The number of carbonyl (C=O) groups excluding carboxylic acids is 1. The Bertz CT molecular complexity index is 345. The van der Waals surface area contributed by atoms with Crippen LogP contribution in [0.1, 0.15) is 90.9 Å². The van der Waals surface area contributed by atoms with Crippen LogP contribution in [-0.4, -0.2) is 5.78 Å². The van der Waals surface area contributed by atoms with Crippen molar-refractivity contribution < 1.29 is 4.79 Å². The molecule has 0 fully saturated rings. The van der Waals surface area contributed by atoms with Crippen molar-refractivity contribution in [2.24, 2.45) is 0 Å². The van der Waals surface area contributed by atoms with Gasteiger partial charge in [0.1, 0.15) is 5.78 Å². The molecule has 1 nitrogen and oxygen atoms in total. The Kier molecular flexibility index (Phi) is 14.9. The van der Waals surface area contributed by atoms with Gasteiger partial charge in [0.15, 0.2) is 0 Å². The van der Waals surface area contributed by atoms with Gasteiger partial charge in [-0.1, -0.05) is 50.9 Å². The molecular formula is C19H30O. The number of carbonyl (C=O) groups is 1. The van der Waals surface area contributed by atoms with Crippen LogP contribution in [0.3, 0.4) is 0 Å². The molecule has 0 rings (SSSR count). The lowest BCUT2D eigenvalue weighted by molar-refractivity contribution is -0.117. The Morgan fingerprint density at radius 2 is 1.30 bits per heavy atom. The van der Waals surface area contributed by atoms with E-state index in [1.54, 1.807) is 6.92 Å². The number of Topliss-reactive ketones (excluding diaryl/α,β-unsaturated/α-hetero) is 1. The molecule has 0 unspecified atom stereocenters. The number of hydrogen-bond acceptors (Lipinski definition) is 1. The molecule has 0 aliphatic heterocycles. The highest BCUT2D eigenvalue weighted by Crippen LogP contribution is 2.06. The maximum Gasteiger partial charge on any atom is 0.129 e. The van der Waals surface area contributed by atoms with E-state index < -0.39 is 0 Å². The van der Waals surface area contributed by atoms with Crippen molar-refractivity contribution in [2.75, 3.05) is 0 Å². The minimum Gasteiger partial charge on any atom is -0.300 e. The molecule has 0 aromatic rings. The van der Waals surface area contributed by atoms with Gasteiger partial charge in [-0.25, -0.2) is 0 Å². The lowest BCUT2D eigenvalue weighted by Gasteiger charge is -1.97. The Morgan fingerprint density at radius 1 is 0.750 bits per heavy atom. The van der Waals surface area contributed by atoms with E-state index in [1.165, 1.54) is 44.9 Å². The smallest absolute Gasteiger partial charge is 0.129 e. The van der Waals surface area contributed by atoms with E-state index in [4.69, 9.17) is 0 Å². The first-order valence-corrected chi connectivity index (χ1v) is 8.18. The summed E-state index contributed by atoms with van der Waals surface area (Å²) in [6, 6.07) is 0. The topological polar surface area (TPSA) is 17.1 Å². The van der Waals surface area contributed by atoms with E-state index in [-0.39, 0.29) is 0 Å². The van der Waals surface area contributed by atoms with Gasteiger partial charge in [-0.3, -0.25) is 0 Å². The van der Waals surface area contributed by atoms with Gasteiger partial charge in [-0.15, -0.1) is 11.8 Å². The van der Waals surface area contributed by atoms with Gasteiger partial charge in [-0.05, 0) is 26.2 Å². The largest absolute Gasteiger partial charge is 0.300 e. The first-order chi connectivity index (χ1) is 9.77. The highest BCUT2D eigenvalue weighted by Gasteiger charge is 1.93. The molecule has 0 aliphatic carbocycles. The van der Waals surface area contributed by atoms with Crippen LogP contribution in [0, 0.1) is 23.7 Å². The summed E-state index contributed by atoms with van der Waals surface area (Å²) in [6.07, 6.45) is 13.1. The maximum absolute atomic E-state index is 10.7. The molecule has 0 bridgehead atoms. The fourth-order valence-electron chi connectivity index (χ4n) is 1.93. The summed E-state index contributed by atoms with van der Waals surface area (Å²) >= 11 is 0. The van der Waals surface area contributed by atoms with Crippen LogP contribution in [0.25, 0.3) is 0 Å². The van der Waals surface area contributed by atoms with Crippen molar-refractivity contribution in [1.29, 1.82) is 0 Å².